The molecule has 1 aromatic rings. The molecular formula is C14H17N. The zero-order valence-corrected chi connectivity index (χ0v) is 9.29. The van der Waals surface area contributed by atoms with Gasteiger partial charge in [0, 0.05) is 25.2 Å². The summed E-state index contributed by atoms with van der Waals surface area (Å²) in [6.45, 7) is 4.49. The number of aryl methyl sites for hydroxylation is 1. The number of nitrogens with zero attached hydrogens (tertiary/aromatic N) is 1. The summed E-state index contributed by atoms with van der Waals surface area (Å²) in [7, 11) is 0. The summed E-state index contributed by atoms with van der Waals surface area (Å²) in [6.07, 6.45) is 8.32. The second-order valence-corrected chi connectivity index (χ2v) is 4.00. The second kappa shape index (κ2) is 4.40. The summed E-state index contributed by atoms with van der Waals surface area (Å²) in [5.41, 5.74) is 4.29. The molecule has 0 saturated carbocycles. The Labute approximate surface area is 92.1 Å². The van der Waals surface area contributed by atoms with Gasteiger partial charge in [0.25, 0.3) is 0 Å². The monoisotopic (exact) mass is 199 g/mol. The molecule has 0 aliphatic carbocycles. The average molecular weight is 199 g/mol. The predicted octanol–water partition coefficient (Wildman–Crippen LogP) is 2.63. The van der Waals surface area contributed by atoms with E-state index in [2.05, 4.69) is 35.9 Å². The van der Waals surface area contributed by atoms with Crippen molar-refractivity contribution in [1.82, 2.24) is 0 Å². The van der Waals surface area contributed by atoms with Crippen LogP contribution >= 0.6 is 0 Å². The normalized spacial score (nSPS) is 13.7. The van der Waals surface area contributed by atoms with E-state index in [1.807, 2.05) is 0 Å². The molecule has 0 radical (unpaired) electrons. The SMILES string of the molecule is C#CCCc1ccc2c(c1)CCN2CC. The van der Waals surface area contributed by atoms with Crippen molar-refractivity contribution in [1.29, 1.82) is 0 Å². The van der Waals surface area contributed by atoms with E-state index in [0.29, 0.717) is 0 Å². The lowest BCUT2D eigenvalue weighted by Crippen LogP contribution is -2.18. The number of hydrogen-bond acceptors (Lipinski definition) is 1. The number of rotatable bonds is 3. The highest BCUT2D eigenvalue weighted by Gasteiger charge is 2.17. The minimum atomic E-state index is 0.844. The average Bonchev–Trinajstić information content (AvgIpc) is 2.68. The minimum Gasteiger partial charge on any atom is -0.371 e. The Hall–Kier alpha value is -1.42. The molecule has 0 unspecified atom stereocenters. The number of terminal acetylenes is 1. The van der Waals surface area contributed by atoms with E-state index in [9.17, 15) is 0 Å². The first kappa shape index (κ1) is 10.1. The Morgan fingerprint density at radius 2 is 2.33 bits per heavy atom. The van der Waals surface area contributed by atoms with Crippen LogP contribution in [0.1, 0.15) is 24.5 Å². The number of hydrogen-bond donors (Lipinski definition) is 0. The van der Waals surface area contributed by atoms with Crippen molar-refractivity contribution < 1.29 is 0 Å². The number of anilines is 1. The molecule has 0 atom stereocenters. The molecule has 0 fully saturated rings. The Bertz CT molecular complexity index is 387. The lowest BCUT2D eigenvalue weighted by molar-refractivity contribution is 0.868. The van der Waals surface area contributed by atoms with Gasteiger partial charge in [-0.3, -0.25) is 0 Å². The van der Waals surface area contributed by atoms with E-state index in [1.165, 1.54) is 29.8 Å². The standard InChI is InChI=1S/C14H17N/c1-3-5-6-12-7-8-14-13(11-12)9-10-15(14)4-2/h1,7-8,11H,4-6,9-10H2,2H3. The van der Waals surface area contributed by atoms with Gasteiger partial charge in [-0.05, 0) is 37.0 Å². The lowest BCUT2D eigenvalue weighted by atomic mass is 10.0. The molecule has 0 saturated heterocycles. The van der Waals surface area contributed by atoms with Crippen molar-refractivity contribution in [2.45, 2.75) is 26.2 Å². The minimum absolute atomic E-state index is 0.844. The van der Waals surface area contributed by atoms with E-state index in [0.717, 1.165) is 19.4 Å². The van der Waals surface area contributed by atoms with Crippen LogP contribution in [-0.2, 0) is 12.8 Å². The molecule has 15 heavy (non-hydrogen) atoms. The zero-order valence-electron chi connectivity index (χ0n) is 9.29. The third-order valence-electron chi connectivity index (χ3n) is 3.08. The maximum Gasteiger partial charge on any atom is 0.0399 e. The van der Waals surface area contributed by atoms with E-state index in [-0.39, 0.29) is 0 Å². The first-order chi connectivity index (χ1) is 7.35. The Kier molecular flexibility index (Phi) is 2.97. The third-order valence-corrected chi connectivity index (χ3v) is 3.08. The van der Waals surface area contributed by atoms with Crippen molar-refractivity contribution in [3.63, 3.8) is 0 Å². The van der Waals surface area contributed by atoms with Gasteiger partial charge in [0.15, 0.2) is 0 Å². The zero-order chi connectivity index (χ0) is 10.7. The quantitative estimate of drug-likeness (QED) is 0.676. The van der Waals surface area contributed by atoms with Gasteiger partial charge in [-0.25, -0.2) is 0 Å². The highest BCUT2D eigenvalue weighted by atomic mass is 15.1. The van der Waals surface area contributed by atoms with Gasteiger partial charge in [0.1, 0.15) is 0 Å². The highest BCUT2D eigenvalue weighted by Crippen LogP contribution is 2.28. The molecule has 78 valence electrons. The first-order valence-corrected chi connectivity index (χ1v) is 5.65. The molecule has 0 bridgehead atoms. The van der Waals surface area contributed by atoms with Crippen molar-refractivity contribution in [2.24, 2.45) is 0 Å². The van der Waals surface area contributed by atoms with Crippen LogP contribution in [0.5, 0.6) is 0 Å². The fourth-order valence-electron chi connectivity index (χ4n) is 2.22. The van der Waals surface area contributed by atoms with Gasteiger partial charge in [-0.1, -0.05) is 12.1 Å². The van der Waals surface area contributed by atoms with E-state index < -0.39 is 0 Å². The van der Waals surface area contributed by atoms with Gasteiger partial charge in [-0.15, -0.1) is 12.3 Å². The molecule has 1 aromatic carbocycles. The molecule has 0 spiro atoms. The van der Waals surface area contributed by atoms with Crippen LogP contribution in [0.25, 0.3) is 0 Å². The predicted molar refractivity (Wildman–Crippen MR) is 65.2 cm³/mol. The smallest absolute Gasteiger partial charge is 0.0399 e. The Morgan fingerprint density at radius 1 is 1.47 bits per heavy atom. The van der Waals surface area contributed by atoms with Crippen LogP contribution in [0.3, 0.4) is 0 Å². The molecule has 1 aliphatic rings. The molecule has 1 nitrogen and oxygen atoms in total. The maximum absolute atomic E-state index is 5.27. The van der Waals surface area contributed by atoms with E-state index in [4.69, 9.17) is 6.42 Å². The molecule has 1 heterocycles. The number of fused-ring (bicyclic) bond motifs is 1. The second-order valence-electron chi connectivity index (χ2n) is 4.00. The van der Waals surface area contributed by atoms with Crippen molar-refractivity contribution in [3.8, 4) is 12.3 Å². The van der Waals surface area contributed by atoms with Gasteiger partial charge >= 0.3 is 0 Å². The number of benzene rings is 1. The van der Waals surface area contributed by atoms with Crippen LogP contribution < -0.4 is 4.90 Å². The van der Waals surface area contributed by atoms with Crippen molar-refractivity contribution in [3.05, 3.63) is 29.3 Å². The Morgan fingerprint density at radius 3 is 3.07 bits per heavy atom. The fourth-order valence-corrected chi connectivity index (χ4v) is 2.22. The van der Waals surface area contributed by atoms with Crippen LogP contribution in [-0.4, -0.2) is 13.1 Å². The highest BCUT2D eigenvalue weighted by molar-refractivity contribution is 5.59. The molecule has 1 aliphatic heterocycles. The fraction of sp³-hybridized carbons (Fsp3) is 0.429. The van der Waals surface area contributed by atoms with Crippen LogP contribution in [0, 0.1) is 12.3 Å². The van der Waals surface area contributed by atoms with Gasteiger partial charge in [0.2, 0.25) is 0 Å². The van der Waals surface area contributed by atoms with Crippen molar-refractivity contribution >= 4 is 5.69 Å². The summed E-state index contributed by atoms with van der Waals surface area (Å²) >= 11 is 0. The molecule has 2 rings (SSSR count). The summed E-state index contributed by atoms with van der Waals surface area (Å²) in [6, 6.07) is 6.78. The van der Waals surface area contributed by atoms with E-state index >= 15 is 0 Å². The Balaban J connectivity index is 2.18. The largest absolute Gasteiger partial charge is 0.371 e. The lowest BCUT2D eigenvalue weighted by Gasteiger charge is -2.16. The topological polar surface area (TPSA) is 3.24 Å². The number of likely N-dealkylation sites (N-methyl/N-ethyl adjacent to an activating group) is 1. The van der Waals surface area contributed by atoms with Crippen LogP contribution in [0.2, 0.25) is 0 Å². The van der Waals surface area contributed by atoms with Gasteiger partial charge < -0.3 is 4.90 Å². The van der Waals surface area contributed by atoms with Crippen molar-refractivity contribution in [2.75, 3.05) is 18.0 Å². The molecular weight excluding hydrogens is 182 g/mol. The van der Waals surface area contributed by atoms with Crippen LogP contribution in [0.15, 0.2) is 18.2 Å². The summed E-state index contributed by atoms with van der Waals surface area (Å²) in [5.74, 6) is 2.69. The first-order valence-electron chi connectivity index (χ1n) is 5.65. The van der Waals surface area contributed by atoms with Gasteiger partial charge in [0.05, 0.1) is 0 Å². The summed E-state index contributed by atoms with van der Waals surface area (Å²) < 4.78 is 0. The summed E-state index contributed by atoms with van der Waals surface area (Å²) in [4.78, 5) is 2.43. The van der Waals surface area contributed by atoms with E-state index in [1.54, 1.807) is 0 Å². The summed E-state index contributed by atoms with van der Waals surface area (Å²) in [5, 5.41) is 0. The molecule has 0 aromatic heterocycles. The molecule has 1 heteroatoms. The molecule has 0 amide bonds. The van der Waals surface area contributed by atoms with Crippen LogP contribution in [0.4, 0.5) is 5.69 Å². The maximum atomic E-state index is 5.27. The third kappa shape index (κ3) is 1.99. The molecule has 0 N–H and O–H groups in total. The van der Waals surface area contributed by atoms with Gasteiger partial charge in [-0.2, -0.15) is 0 Å².